The fourth-order valence-electron chi connectivity index (χ4n) is 2.62. The van der Waals surface area contributed by atoms with Crippen molar-refractivity contribution in [2.75, 3.05) is 6.26 Å². The van der Waals surface area contributed by atoms with Crippen molar-refractivity contribution in [2.45, 2.75) is 17.4 Å². The monoisotopic (exact) mass is 297 g/mol. The average molecular weight is 297 g/mol. The van der Waals surface area contributed by atoms with Gasteiger partial charge in [-0.15, -0.1) is 11.8 Å². The first kappa shape index (κ1) is 14.2. The molecule has 0 fully saturated rings. The van der Waals surface area contributed by atoms with E-state index in [-0.39, 0.29) is 6.04 Å². The summed E-state index contributed by atoms with van der Waals surface area (Å²) in [4.78, 5) is 1.26. The molecule has 1 aromatic heterocycles. The van der Waals surface area contributed by atoms with Crippen LogP contribution in [0.5, 0.6) is 0 Å². The van der Waals surface area contributed by atoms with E-state index < -0.39 is 0 Å². The molecule has 2 aromatic carbocycles. The Balaban J connectivity index is 1.87. The molecule has 0 spiro atoms. The number of aromatic nitrogens is 2. The summed E-state index contributed by atoms with van der Waals surface area (Å²) in [6, 6.07) is 16.7. The van der Waals surface area contributed by atoms with Crippen molar-refractivity contribution in [1.29, 1.82) is 0 Å². The standard InChI is InChI=1S/C17H19N3S/c1-20-17-6-4-3-5-14(17)16(19-20)11-15(18)12-7-9-13(21-2)10-8-12/h3-10,15H,11,18H2,1-2H3. The third-order valence-corrected chi connectivity index (χ3v) is 4.54. The lowest BCUT2D eigenvalue weighted by molar-refractivity contribution is 0.682. The maximum atomic E-state index is 6.36. The quantitative estimate of drug-likeness (QED) is 0.749. The summed E-state index contributed by atoms with van der Waals surface area (Å²) in [5, 5.41) is 5.81. The zero-order chi connectivity index (χ0) is 14.8. The van der Waals surface area contributed by atoms with Gasteiger partial charge in [0.2, 0.25) is 0 Å². The highest BCUT2D eigenvalue weighted by atomic mass is 32.2. The molecule has 1 atom stereocenters. The summed E-state index contributed by atoms with van der Waals surface area (Å²) in [7, 11) is 1.98. The smallest absolute Gasteiger partial charge is 0.0722 e. The van der Waals surface area contributed by atoms with Crippen molar-refractivity contribution in [1.82, 2.24) is 9.78 Å². The zero-order valence-electron chi connectivity index (χ0n) is 12.3. The second kappa shape index (κ2) is 5.92. The van der Waals surface area contributed by atoms with Gasteiger partial charge in [0.05, 0.1) is 11.2 Å². The van der Waals surface area contributed by atoms with Gasteiger partial charge in [0.15, 0.2) is 0 Å². The number of para-hydroxylation sites is 1. The Morgan fingerprint density at radius 2 is 1.86 bits per heavy atom. The van der Waals surface area contributed by atoms with Gasteiger partial charge in [-0.3, -0.25) is 4.68 Å². The minimum absolute atomic E-state index is 0.0285. The molecule has 0 aliphatic heterocycles. The highest BCUT2D eigenvalue weighted by Crippen LogP contribution is 2.24. The number of nitrogens with zero attached hydrogens (tertiary/aromatic N) is 2. The Kier molecular flexibility index (Phi) is 3.99. The van der Waals surface area contributed by atoms with Crippen molar-refractivity contribution in [3.8, 4) is 0 Å². The summed E-state index contributed by atoms with van der Waals surface area (Å²) >= 11 is 1.74. The van der Waals surface area contributed by atoms with Crippen molar-refractivity contribution in [2.24, 2.45) is 12.8 Å². The number of thioether (sulfide) groups is 1. The maximum Gasteiger partial charge on any atom is 0.0722 e. The van der Waals surface area contributed by atoms with Crippen LogP contribution in [0.1, 0.15) is 17.3 Å². The molecular weight excluding hydrogens is 278 g/mol. The van der Waals surface area contributed by atoms with E-state index in [4.69, 9.17) is 5.73 Å². The number of hydrogen-bond donors (Lipinski definition) is 1. The predicted octanol–water partition coefficient (Wildman–Crippen LogP) is 3.54. The molecule has 0 radical (unpaired) electrons. The zero-order valence-corrected chi connectivity index (χ0v) is 13.1. The summed E-state index contributed by atoms with van der Waals surface area (Å²) in [6.45, 7) is 0. The SMILES string of the molecule is CSc1ccc(C(N)Cc2nn(C)c3ccccc23)cc1. The Bertz CT molecular complexity index is 746. The molecule has 2 N–H and O–H groups in total. The molecule has 0 saturated carbocycles. The number of nitrogens with two attached hydrogens (primary N) is 1. The predicted molar refractivity (Wildman–Crippen MR) is 89.6 cm³/mol. The number of fused-ring (bicyclic) bond motifs is 1. The average Bonchev–Trinajstić information content (AvgIpc) is 2.84. The number of benzene rings is 2. The van der Waals surface area contributed by atoms with E-state index in [9.17, 15) is 0 Å². The molecule has 3 aromatic rings. The van der Waals surface area contributed by atoms with E-state index in [1.54, 1.807) is 11.8 Å². The van der Waals surface area contributed by atoms with Gasteiger partial charge in [-0.2, -0.15) is 5.10 Å². The third-order valence-electron chi connectivity index (χ3n) is 3.79. The summed E-state index contributed by atoms with van der Waals surface area (Å²) < 4.78 is 1.92. The second-order valence-electron chi connectivity index (χ2n) is 5.17. The van der Waals surface area contributed by atoms with E-state index in [0.29, 0.717) is 0 Å². The van der Waals surface area contributed by atoms with E-state index >= 15 is 0 Å². The molecule has 3 rings (SSSR count). The van der Waals surface area contributed by atoms with Gasteiger partial charge in [-0.1, -0.05) is 30.3 Å². The van der Waals surface area contributed by atoms with Crippen LogP contribution in [0.2, 0.25) is 0 Å². The maximum absolute atomic E-state index is 6.36. The Morgan fingerprint density at radius 1 is 1.14 bits per heavy atom. The van der Waals surface area contributed by atoms with E-state index in [2.05, 4.69) is 47.8 Å². The Labute approximate surface area is 129 Å². The highest BCUT2D eigenvalue weighted by molar-refractivity contribution is 7.98. The Hall–Kier alpha value is -1.78. The van der Waals surface area contributed by atoms with Crippen LogP contribution in [0, 0.1) is 0 Å². The minimum atomic E-state index is -0.0285. The lowest BCUT2D eigenvalue weighted by Crippen LogP contribution is -2.13. The lowest BCUT2D eigenvalue weighted by atomic mass is 10.0. The molecule has 4 heteroatoms. The Morgan fingerprint density at radius 3 is 2.57 bits per heavy atom. The van der Waals surface area contributed by atoms with Gasteiger partial charge in [0, 0.05) is 29.8 Å². The first-order valence-corrected chi connectivity index (χ1v) is 8.21. The highest BCUT2D eigenvalue weighted by Gasteiger charge is 2.13. The molecule has 0 bridgehead atoms. The lowest BCUT2D eigenvalue weighted by Gasteiger charge is -2.11. The van der Waals surface area contributed by atoms with Crippen LogP contribution < -0.4 is 5.73 Å². The normalized spacial score (nSPS) is 12.7. The summed E-state index contributed by atoms with van der Waals surface area (Å²) in [6.07, 6.45) is 2.83. The van der Waals surface area contributed by atoms with E-state index in [1.807, 2.05) is 23.9 Å². The van der Waals surface area contributed by atoms with Gasteiger partial charge >= 0.3 is 0 Å². The molecule has 0 saturated heterocycles. The molecule has 108 valence electrons. The topological polar surface area (TPSA) is 43.8 Å². The minimum Gasteiger partial charge on any atom is -0.324 e. The molecular formula is C17H19N3S. The number of aryl methyl sites for hydroxylation is 1. The molecule has 0 amide bonds. The second-order valence-corrected chi connectivity index (χ2v) is 6.05. The van der Waals surface area contributed by atoms with E-state index in [1.165, 1.54) is 10.3 Å². The van der Waals surface area contributed by atoms with Crippen LogP contribution in [-0.2, 0) is 13.5 Å². The van der Waals surface area contributed by atoms with Crippen molar-refractivity contribution in [3.05, 3.63) is 59.8 Å². The first-order valence-electron chi connectivity index (χ1n) is 6.99. The van der Waals surface area contributed by atoms with Crippen LogP contribution in [0.4, 0.5) is 0 Å². The van der Waals surface area contributed by atoms with Crippen LogP contribution in [-0.4, -0.2) is 16.0 Å². The van der Waals surface area contributed by atoms with Gasteiger partial charge < -0.3 is 5.73 Å². The molecule has 0 aliphatic carbocycles. The van der Waals surface area contributed by atoms with Gasteiger partial charge in [0.25, 0.3) is 0 Å². The molecule has 1 heterocycles. The van der Waals surface area contributed by atoms with Gasteiger partial charge in [-0.05, 0) is 30.0 Å². The van der Waals surface area contributed by atoms with Crippen molar-refractivity contribution >= 4 is 22.7 Å². The fourth-order valence-corrected chi connectivity index (χ4v) is 3.02. The molecule has 3 nitrogen and oxygen atoms in total. The largest absolute Gasteiger partial charge is 0.324 e. The molecule has 21 heavy (non-hydrogen) atoms. The number of rotatable bonds is 4. The summed E-state index contributed by atoms with van der Waals surface area (Å²) in [5.41, 5.74) is 9.73. The van der Waals surface area contributed by atoms with Crippen LogP contribution in [0.25, 0.3) is 10.9 Å². The van der Waals surface area contributed by atoms with Gasteiger partial charge in [-0.25, -0.2) is 0 Å². The fraction of sp³-hybridized carbons (Fsp3) is 0.235. The van der Waals surface area contributed by atoms with Crippen LogP contribution in [0.15, 0.2) is 53.4 Å². The summed E-state index contributed by atoms with van der Waals surface area (Å²) in [5.74, 6) is 0. The number of hydrogen-bond acceptors (Lipinski definition) is 3. The molecule has 1 unspecified atom stereocenters. The van der Waals surface area contributed by atoms with Crippen molar-refractivity contribution < 1.29 is 0 Å². The molecule has 0 aliphatic rings. The van der Waals surface area contributed by atoms with Gasteiger partial charge in [0.1, 0.15) is 0 Å². The van der Waals surface area contributed by atoms with Crippen LogP contribution in [0.3, 0.4) is 0 Å². The van der Waals surface area contributed by atoms with Crippen LogP contribution >= 0.6 is 11.8 Å². The van der Waals surface area contributed by atoms with E-state index in [0.717, 1.165) is 23.2 Å². The van der Waals surface area contributed by atoms with Crippen molar-refractivity contribution in [3.63, 3.8) is 0 Å². The third kappa shape index (κ3) is 2.82. The first-order chi connectivity index (χ1) is 10.2.